The number of carbonyl (C=O) groups excluding carboxylic acids is 3. The summed E-state index contributed by atoms with van der Waals surface area (Å²) in [6, 6.07) is 13.0. The Morgan fingerprint density at radius 2 is 1.62 bits per heavy atom. The molecule has 34 heavy (non-hydrogen) atoms. The van der Waals surface area contributed by atoms with Crippen LogP contribution in [0, 0.1) is 5.41 Å². The molecule has 0 aliphatic carbocycles. The van der Waals surface area contributed by atoms with E-state index in [0.717, 1.165) is 5.56 Å². The molecule has 8 nitrogen and oxygen atoms in total. The van der Waals surface area contributed by atoms with Crippen molar-refractivity contribution in [2.75, 3.05) is 13.2 Å². The van der Waals surface area contributed by atoms with E-state index in [0.29, 0.717) is 29.1 Å². The number of rotatable bonds is 10. The zero-order valence-electron chi connectivity index (χ0n) is 20.0. The summed E-state index contributed by atoms with van der Waals surface area (Å²) in [5.41, 5.74) is 7.58. The number of benzene rings is 2. The van der Waals surface area contributed by atoms with Gasteiger partial charge in [-0.3, -0.25) is 15.0 Å². The van der Waals surface area contributed by atoms with Crippen LogP contribution in [0.15, 0.2) is 54.1 Å². The van der Waals surface area contributed by atoms with Gasteiger partial charge in [-0.25, -0.2) is 4.79 Å². The first-order valence-corrected chi connectivity index (χ1v) is 11.0. The monoisotopic (exact) mass is 465 g/mol. The number of nitrogens with two attached hydrogens (primary N) is 1. The second-order valence-electron chi connectivity index (χ2n) is 7.92. The fourth-order valence-corrected chi connectivity index (χ4v) is 3.16. The molecule has 0 saturated heterocycles. The summed E-state index contributed by atoms with van der Waals surface area (Å²) < 4.78 is 10.3. The summed E-state index contributed by atoms with van der Waals surface area (Å²) in [6.07, 6.45) is 1.87. The van der Waals surface area contributed by atoms with Gasteiger partial charge in [-0.15, -0.1) is 0 Å². The maximum atomic E-state index is 12.9. The lowest BCUT2D eigenvalue weighted by atomic mass is 10.1. The third-order valence-corrected chi connectivity index (χ3v) is 4.99. The Morgan fingerprint density at radius 3 is 2.15 bits per heavy atom. The van der Waals surface area contributed by atoms with Crippen LogP contribution in [-0.2, 0) is 14.3 Å². The van der Waals surface area contributed by atoms with E-state index >= 15 is 0 Å². The first-order valence-electron chi connectivity index (χ1n) is 11.0. The Labute approximate surface area is 199 Å². The molecule has 3 N–H and O–H groups in total. The van der Waals surface area contributed by atoms with Crippen molar-refractivity contribution in [2.24, 2.45) is 5.73 Å². The van der Waals surface area contributed by atoms with E-state index in [1.165, 1.54) is 0 Å². The summed E-state index contributed by atoms with van der Waals surface area (Å²) in [7, 11) is 0. The molecule has 1 amide bonds. The Hall–Kier alpha value is -3.94. The van der Waals surface area contributed by atoms with Crippen molar-refractivity contribution >= 4 is 29.8 Å². The minimum Gasteiger partial charge on any atom is -0.466 e. The lowest BCUT2D eigenvalue weighted by Crippen LogP contribution is -2.39. The van der Waals surface area contributed by atoms with Crippen molar-refractivity contribution in [1.29, 1.82) is 5.41 Å². The number of hydrogen-bond donors (Lipinski definition) is 2. The molecule has 0 saturated carbocycles. The van der Waals surface area contributed by atoms with Crippen molar-refractivity contribution in [1.82, 2.24) is 4.90 Å². The van der Waals surface area contributed by atoms with Crippen molar-refractivity contribution < 1.29 is 23.9 Å². The van der Waals surface area contributed by atoms with Crippen LogP contribution in [-0.4, -0.2) is 47.8 Å². The van der Waals surface area contributed by atoms with Gasteiger partial charge in [0.1, 0.15) is 11.6 Å². The summed E-state index contributed by atoms with van der Waals surface area (Å²) in [5.74, 6) is -0.747. The molecule has 0 radical (unpaired) electrons. The molecule has 0 unspecified atom stereocenters. The highest BCUT2D eigenvalue weighted by Gasteiger charge is 2.20. The number of esters is 2. The molecular weight excluding hydrogens is 434 g/mol. The van der Waals surface area contributed by atoms with Gasteiger partial charge in [-0.1, -0.05) is 12.1 Å². The Kier molecular flexibility index (Phi) is 9.55. The average molecular weight is 466 g/mol. The van der Waals surface area contributed by atoms with Gasteiger partial charge in [-0.05, 0) is 75.7 Å². The van der Waals surface area contributed by atoms with E-state index in [-0.39, 0.29) is 36.7 Å². The fourth-order valence-electron chi connectivity index (χ4n) is 3.16. The van der Waals surface area contributed by atoms with Gasteiger partial charge in [0.05, 0.1) is 18.6 Å². The molecule has 0 bridgehead atoms. The minimum atomic E-state index is -0.524. The first kappa shape index (κ1) is 26.3. The third kappa shape index (κ3) is 7.58. The molecule has 0 aliphatic rings. The number of hydrogen-bond acceptors (Lipinski definition) is 6. The third-order valence-electron chi connectivity index (χ3n) is 4.99. The van der Waals surface area contributed by atoms with E-state index in [2.05, 4.69) is 0 Å². The van der Waals surface area contributed by atoms with Gasteiger partial charge >= 0.3 is 11.9 Å². The first-order chi connectivity index (χ1) is 16.1. The van der Waals surface area contributed by atoms with E-state index in [1.807, 2.05) is 13.8 Å². The highest BCUT2D eigenvalue weighted by atomic mass is 16.5. The van der Waals surface area contributed by atoms with Crippen LogP contribution in [0.2, 0.25) is 0 Å². The van der Waals surface area contributed by atoms with Crippen LogP contribution < -0.4 is 10.5 Å². The largest absolute Gasteiger partial charge is 0.466 e. The lowest BCUT2D eigenvalue weighted by Gasteiger charge is -2.26. The fraction of sp³-hybridized carbons (Fsp3) is 0.308. The van der Waals surface area contributed by atoms with Gasteiger partial charge < -0.3 is 20.1 Å². The predicted molar refractivity (Wildman–Crippen MR) is 131 cm³/mol. The number of amidine groups is 1. The zero-order valence-corrected chi connectivity index (χ0v) is 20.0. The van der Waals surface area contributed by atoms with Crippen LogP contribution in [0.1, 0.15) is 55.6 Å². The van der Waals surface area contributed by atoms with E-state index < -0.39 is 5.97 Å². The topological polar surface area (TPSA) is 123 Å². The molecule has 0 aromatic heterocycles. The van der Waals surface area contributed by atoms with Crippen LogP contribution in [0.4, 0.5) is 0 Å². The van der Waals surface area contributed by atoms with E-state index in [9.17, 15) is 14.4 Å². The molecule has 0 heterocycles. The van der Waals surface area contributed by atoms with Crippen LogP contribution in [0.25, 0.3) is 6.08 Å². The van der Waals surface area contributed by atoms with Gasteiger partial charge in [0.15, 0.2) is 0 Å². The Balaban J connectivity index is 2.04. The van der Waals surface area contributed by atoms with Crippen molar-refractivity contribution in [2.45, 2.75) is 40.2 Å². The van der Waals surface area contributed by atoms with Crippen molar-refractivity contribution in [3.05, 3.63) is 70.8 Å². The molecule has 8 heteroatoms. The number of nitrogens with one attached hydrogen (secondary N) is 1. The maximum absolute atomic E-state index is 12.9. The van der Waals surface area contributed by atoms with Gasteiger partial charge in [-0.2, -0.15) is 0 Å². The Bertz CT molecular complexity index is 1060. The number of carbonyl (C=O) groups is 3. The highest BCUT2D eigenvalue weighted by molar-refractivity contribution is 5.98. The SMILES string of the molecule is CCOC(=O)CCN(C(=O)C(C)=Cc1ccc(C(=O)Oc2ccc(C(=N)N)cc2)cc1)C(C)C. The molecular formula is C26H31N3O5. The molecule has 0 fully saturated rings. The average Bonchev–Trinajstić information content (AvgIpc) is 2.79. The van der Waals surface area contributed by atoms with Crippen molar-refractivity contribution in [3.8, 4) is 5.75 Å². The zero-order chi connectivity index (χ0) is 25.3. The predicted octanol–water partition coefficient (Wildman–Crippen LogP) is 3.78. The maximum Gasteiger partial charge on any atom is 0.343 e. The minimum absolute atomic E-state index is 0.0641. The molecule has 2 aromatic rings. The van der Waals surface area contributed by atoms with Gasteiger partial charge in [0, 0.05) is 23.7 Å². The number of ether oxygens (including phenoxy) is 2. The smallest absolute Gasteiger partial charge is 0.343 e. The summed E-state index contributed by atoms with van der Waals surface area (Å²) in [4.78, 5) is 38.6. The van der Waals surface area contributed by atoms with Crippen LogP contribution in [0.5, 0.6) is 5.75 Å². The normalized spacial score (nSPS) is 11.1. The highest BCUT2D eigenvalue weighted by Crippen LogP contribution is 2.16. The number of nitrogen functional groups attached to an aromatic ring is 1. The summed E-state index contributed by atoms with van der Waals surface area (Å²) in [6.45, 7) is 7.83. The van der Waals surface area contributed by atoms with E-state index in [1.54, 1.807) is 73.4 Å². The lowest BCUT2D eigenvalue weighted by molar-refractivity contribution is -0.144. The molecule has 2 aromatic carbocycles. The second kappa shape index (κ2) is 12.3. The molecule has 0 spiro atoms. The molecule has 180 valence electrons. The molecule has 0 aliphatic heterocycles. The van der Waals surface area contributed by atoms with E-state index in [4.69, 9.17) is 20.6 Å². The summed E-state index contributed by atoms with van der Waals surface area (Å²) in [5, 5.41) is 7.40. The van der Waals surface area contributed by atoms with Gasteiger partial charge in [0.2, 0.25) is 5.91 Å². The summed E-state index contributed by atoms with van der Waals surface area (Å²) >= 11 is 0. The molecule has 0 atom stereocenters. The van der Waals surface area contributed by atoms with Crippen molar-refractivity contribution in [3.63, 3.8) is 0 Å². The quantitative estimate of drug-likeness (QED) is 0.181. The van der Waals surface area contributed by atoms with Gasteiger partial charge in [0.25, 0.3) is 0 Å². The number of amides is 1. The standard InChI is InChI=1S/C26H31N3O5/c1-5-33-23(30)14-15-29(17(2)3)25(31)18(4)16-19-6-8-21(9-7-19)26(32)34-22-12-10-20(11-13-22)24(27)28/h6-13,16-17H,5,14-15H2,1-4H3,(H3,27,28). The molecule has 2 rings (SSSR count). The Morgan fingerprint density at radius 1 is 1.03 bits per heavy atom. The second-order valence-corrected chi connectivity index (χ2v) is 7.92. The number of nitrogens with zero attached hydrogens (tertiary/aromatic N) is 1. The van der Waals surface area contributed by atoms with Crippen LogP contribution >= 0.6 is 0 Å². The van der Waals surface area contributed by atoms with Crippen LogP contribution in [0.3, 0.4) is 0 Å².